The normalized spacial score (nSPS) is 20.5. The quantitative estimate of drug-likeness (QED) is 0.826. The maximum Gasteiger partial charge on any atom is 0.222 e. The monoisotopic (exact) mass is 318 g/mol. The van der Waals surface area contributed by atoms with E-state index >= 15 is 0 Å². The number of hydrogen-bond donors (Lipinski definition) is 2. The molecule has 0 radical (unpaired) electrons. The Bertz CT molecular complexity index is 295. The van der Waals surface area contributed by atoms with E-state index in [2.05, 4.69) is 43.2 Å². The van der Waals surface area contributed by atoms with Crippen molar-refractivity contribution in [3.8, 4) is 0 Å². The molecule has 0 aromatic carbocycles. The second kappa shape index (κ2) is 5.60. The molecule has 1 fully saturated rings. The molecule has 2 heterocycles. The average Bonchev–Trinajstić information content (AvgIpc) is 2.74. The minimum absolute atomic E-state index is 0.737. The molecule has 0 amide bonds. The zero-order chi connectivity index (χ0) is 10.5. The van der Waals surface area contributed by atoms with Crippen molar-refractivity contribution in [3.05, 3.63) is 16.0 Å². The third-order valence-electron chi connectivity index (χ3n) is 2.62. The van der Waals surface area contributed by atoms with Crippen molar-refractivity contribution in [2.75, 3.05) is 25.0 Å². The van der Waals surface area contributed by atoms with Crippen molar-refractivity contribution in [2.45, 2.75) is 12.8 Å². The van der Waals surface area contributed by atoms with E-state index in [0.717, 1.165) is 28.5 Å². The topological polar surface area (TPSA) is 49.8 Å². The number of anilines is 1. The van der Waals surface area contributed by atoms with E-state index in [1.807, 2.05) is 12.4 Å². The van der Waals surface area contributed by atoms with E-state index in [9.17, 15) is 0 Å². The average molecular weight is 318 g/mol. The molecule has 0 saturated carbocycles. The molecular weight excluding hydrogens is 303 g/mol. The van der Waals surface area contributed by atoms with Gasteiger partial charge in [-0.15, -0.1) is 0 Å². The molecule has 1 atom stereocenters. The lowest BCUT2D eigenvalue weighted by Crippen LogP contribution is -2.13. The summed E-state index contributed by atoms with van der Waals surface area (Å²) in [6.07, 6.45) is 6.15. The maximum absolute atomic E-state index is 4.20. The van der Waals surface area contributed by atoms with Crippen molar-refractivity contribution in [1.82, 2.24) is 15.3 Å². The van der Waals surface area contributed by atoms with Crippen molar-refractivity contribution in [2.24, 2.45) is 5.92 Å². The van der Waals surface area contributed by atoms with Gasteiger partial charge >= 0.3 is 0 Å². The highest BCUT2D eigenvalue weighted by atomic mass is 127. The third kappa shape index (κ3) is 3.57. The number of rotatable bonds is 4. The molecule has 82 valence electrons. The molecule has 1 aromatic heterocycles. The Labute approximate surface area is 103 Å². The van der Waals surface area contributed by atoms with Crippen LogP contribution in [0.5, 0.6) is 0 Å². The molecule has 4 nitrogen and oxygen atoms in total. The smallest absolute Gasteiger partial charge is 0.222 e. The standard InChI is InChI=1S/C10H15IN4/c11-9-6-14-10(15-7-9)13-4-2-8-1-3-12-5-8/h6-8,12H,1-5H2,(H,13,14,15). The Kier molecular flexibility index (Phi) is 4.13. The van der Waals surface area contributed by atoms with Crippen molar-refractivity contribution in [3.63, 3.8) is 0 Å². The van der Waals surface area contributed by atoms with Gasteiger partial charge < -0.3 is 10.6 Å². The first-order valence-corrected chi connectivity index (χ1v) is 6.34. The summed E-state index contributed by atoms with van der Waals surface area (Å²) in [6, 6.07) is 0. The molecule has 1 saturated heterocycles. The van der Waals surface area contributed by atoms with Gasteiger partial charge in [-0.2, -0.15) is 0 Å². The summed E-state index contributed by atoms with van der Waals surface area (Å²) in [5.74, 6) is 1.56. The number of nitrogens with one attached hydrogen (secondary N) is 2. The van der Waals surface area contributed by atoms with Gasteiger partial charge in [-0.3, -0.25) is 0 Å². The predicted octanol–water partition coefficient (Wildman–Crippen LogP) is 1.49. The molecule has 1 aromatic rings. The summed E-state index contributed by atoms with van der Waals surface area (Å²) < 4.78 is 1.07. The first-order valence-electron chi connectivity index (χ1n) is 5.27. The van der Waals surface area contributed by atoms with Crippen LogP contribution in [0.25, 0.3) is 0 Å². The second-order valence-corrected chi connectivity index (χ2v) is 5.04. The molecule has 1 aliphatic rings. The molecule has 1 unspecified atom stereocenters. The Hall–Kier alpha value is -0.430. The van der Waals surface area contributed by atoms with E-state index in [4.69, 9.17) is 0 Å². The van der Waals surface area contributed by atoms with E-state index in [1.165, 1.54) is 19.4 Å². The van der Waals surface area contributed by atoms with Crippen LogP contribution < -0.4 is 10.6 Å². The van der Waals surface area contributed by atoms with Crippen LogP contribution in [-0.4, -0.2) is 29.6 Å². The Morgan fingerprint density at radius 3 is 2.93 bits per heavy atom. The zero-order valence-corrected chi connectivity index (χ0v) is 10.7. The molecule has 0 spiro atoms. The SMILES string of the molecule is Ic1cnc(NCCC2CCNC2)nc1. The lowest BCUT2D eigenvalue weighted by molar-refractivity contribution is 0.548. The lowest BCUT2D eigenvalue weighted by atomic mass is 10.1. The van der Waals surface area contributed by atoms with Crippen LogP contribution in [0.4, 0.5) is 5.95 Å². The zero-order valence-electron chi connectivity index (χ0n) is 8.54. The summed E-state index contributed by atoms with van der Waals surface area (Å²) >= 11 is 2.20. The number of aromatic nitrogens is 2. The van der Waals surface area contributed by atoms with Crippen molar-refractivity contribution >= 4 is 28.5 Å². The molecule has 5 heteroatoms. The third-order valence-corrected chi connectivity index (χ3v) is 3.18. The molecule has 0 bridgehead atoms. The highest BCUT2D eigenvalue weighted by Gasteiger charge is 2.13. The van der Waals surface area contributed by atoms with Gasteiger partial charge in [-0.1, -0.05) is 0 Å². The summed E-state index contributed by atoms with van der Waals surface area (Å²) in [5, 5.41) is 6.61. The van der Waals surface area contributed by atoms with Gasteiger partial charge in [-0.05, 0) is 54.4 Å². The molecule has 0 aliphatic carbocycles. The lowest BCUT2D eigenvalue weighted by Gasteiger charge is -2.08. The molecule has 15 heavy (non-hydrogen) atoms. The highest BCUT2D eigenvalue weighted by Crippen LogP contribution is 2.12. The molecule has 2 rings (SSSR count). The number of hydrogen-bond acceptors (Lipinski definition) is 4. The van der Waals surface area contributed by atoms with Crippen molar-refractivity contribution < 1.29 is 0 Å². The fraction of sp³-hybridized carbons (Fsp3) is 0.600. The van der Waals surface area contributed by atoms with Gasteiger partial charge in [-0.25, -0.2) is 9.97 Å². The summed E-state index contributed by atoms with van der Waals surface area (Å²) in [7, 11) is 0. The van der Waals surface area contributed by atoms with Crippen LogP contribution in [0.3, 0.4) is 0 Å². The minimum atomic E-state index is 0.737. The van der Waals surface area contributed by atoms with Crippen LogP contribution in [0, 0.1) is 9.49 Å². The fourth-order valence-electron chi connectivity index (χ4n) is 1.75. The van der Waals surface area contributed by atoms with Gasteiger partial charge in [0.1, 0.15) is 0 Å². The molecular formula is C10H15IN4. The first-order chi connectivity index (χ1) is 7.34. The van der Waals surface area contributed by atoms with E-state index < -0.39 is 0 Å². The Morgan fingerprint density at radius 1 is 1.47 bits per heavy atom. The molecule has 2 N–H and O–H groups in total. The summed E-state index contributed by atoms with van der Waals surface area (Å²) in [6.45, 7) is 3.30. The largest absolute Gasteiger partial charge is 0.354 e. The first kappa shape index (κ1) is 11.1. The van der Waals surface area contributed by atoms with Gasteiger partial charge in [0, 0.05) is 22.5 Å². The van der Waals surface area contributed by atoms with Gasteiger partial charge in [0.25, 0.3) is 0 Å². The van der Waals surface area contributed by atoms with Crippen LogP contribution in [0.2, 0.25) is 0 Å². The van der Waals surface area contributed by atoms with E-state index in [1.54, 1.807) is 0 Å². The van der Waals surface area contributed by atoms with E-state index in [0.29, 0.717) is 0 Å². The van der Waals surface area contributed by atoms with Gasteiger partial charge in [0.15, 0.2) is 0 Å². The maximum atomic E-state index is 4.20. The summed E-state index contributed by atoms with van der Waals surface area (Å²) in [5.41, 5.74) is 0. The van der Waals surface area contributed by atoms with Crippen molar-refractivity contribution in [1.29, 1.82) is 0 Å². The van der Waals surface area contributed by atoms with Gasteiger partial charge in [0.2, 0.25) is 5.95 Å². The van der Waals surface area contributed by atoms with Crippen LogP contribution in [0.15, 0.2) is 12.4 Å². The number of nitrogens with zero attached hydrogens (tertiary/aromatic N) is 2. The highest BCUT2D eigenvalue weighted by molar-refractivity contribution is 14.1. The Morgan fingerprint density at radius 2 is 2.27 bits per heavy atom. The number of halogens is 1. The van der Waals surface area contributed by atoms with Crippen LogP contribution >= 0.6 is 22.6 Å². The summed E-state index contributed by atoms with van der Waals surface area (Å²) in [4.78, 5) is 8.39. The van der Waals surface area contributed by atoms with Crippen LogP contribution in [0.1, 0.15) is 12.8 Å². The van der Waals surface area contributed by atoms with Crippen LogP contribution in [-0.2, 0) is 0 Å². The molecule has 1 aliphatic heterocycles. The minimum Gasteiger partial charge on any atom is -0.354 e. The Balaban J connectivity index is 1.71. The van der Waals surface area contributed by atoms with E-state index in [-0.39, 0.29) is 0 Å². The van der Waals surface area contributed by atoms with Gasteiger partial charge in [0.05, 0.1) is 0 Å². The second-order valence-electron chi connectivity index (χ2n) is 3.80. The fourth-order valence-corrected chi connectivity index (χ4v) is 2.03. The predicted molar refractivity (Wildman–Crippen MR) is 68.8 cm³/mol.